The van der Waals surface area contributed by atoms with Crippen LogP contribution in [0.4, 0.5) is 5.69 Å². The second-order valence-electron chi connectivity index (χ2n) is 7.31. The Hall–Kier alpha value is -2.37. The van der Waals surface area contributed by atoms with Crippen molar-refractivity contribution in [2.75, 3.05) is 25.0 Å². The smallest absolute Gasteiger partial charge is 0.255 e. The Balaban J connectivity index is 1.53. The molecule has 140 valence electrons. The molecule has 3 rings (SSSR count). The molecule has 0 aromatic heterocycles. The lowest BCUT2D eigenvalue weighted by molar-refractivity contribution is -0.122. The summed E-state index contributed by atoms with van der Waals surface area (Å²) in [7, 11) is 0. The summed E-state index contributed by atoms with van der Waals surface area (Å²) in [6.45, 7) is 3.91. The van der Waals surface area contributed by atoms with Gasteiger partial charge in [0.25, 0.3) is 5.91 Å². The molecule has 0 bridgehead atoms. The summed E-state index contributed by atoms with van der Waals surface area (Å²) >= 11 is 0. The quantitative estimate of drug-likeness (QED) is 0.821. The van der Waals surface area contributed by atoms with Crippen LogP contribution < -0.4 is 10.6 Å². The SMILES string of the molecule is CC1CC1C(=O)NCCC(=O)Nc1ccccc1C(=O)N1CCCCC1. The van der Waals surface area contributed by atoms with E-state index in [1.165, 1.54) is 0 Å². The molecule has 1 aromatic carbocycles. The van der Waals surface area contributed by atoms with Crippen LogP contribution in [-0.4, -0.2) is 42.3 Å². The number of hydrogen-bond acceptors (Lipinski definition) is 3. The maximum Gasteiger partial charge on any atom is 0.255 e. The van der Waals surface area contributed by atoms with Gasteiger partial charge in [-0.1, -0.05) is 19.1 Å². The summed E-state index contributed by atoms with van der Waals surface area (Å²) in [6.07, 6.45) is 4.34. The number of nitrogens with zero attached hydrogens (tertiary/aromatic N) is 1. The van der Waals surface area contributed by atoms with Crippen molar-refractivity contribution in [3.8, 4) is 0 Å². The summed E-state index contributed by atoms with van der Waals surface area (Å²) in [5, 5.41) is 5.63. The van der Waals surface area contributed by atoms with Gasteiger partial charge in [-0.15, -0.1) is 0 Å². The van der Waals surface area contributed by atoms with E-state index in [9.17, 15) is 14.4 Å². The predicted octanol–water partition coefficient (Wildman–Crippen LogP) is 2.41. The van der Waals surface area contributed by atoms with Crippen LogP contribution in [0.5, 0.6) is 0 Å². The highest BCUT2D eigenvalue weighted by molar-refractivity contribution is 6.03. The lowest BCUT2D eigenvalue weighted by Crippen LogP contribution is -2.36. The summed E-state index contributed by atoms with van der Waals surface area (Å²) in [6, 6.07) is 7.12. The number of nitrogens with one attached hydrogen (secondary N) is 2. The first kappa shape index (κ1) is 18.4. The van der Waals surface area contributed by atoms with Gasteiger partial charge >= 0.3 is 0 Å². The summed E-state index contributed by atoms with van der Waals surface area (Å²) in [5.41, 5.74) is 1.06. The molecule has 2 aliphatic rings. The number of amides is 3. The Morgan fingerprint density at radius 3 is 2.50 bits per heavy atom. The van der Waals surface area contributed by atoms with Gasteiger partial charge in [0.15, 0.2) is 0 Å². The van der Waals surface area contributed by atoms with Crippen LogP contribution in [-0.2, 0) is 9.59 Å². The number of anilines is 1. The van der Waals surface area contributed by atoms with Gasteiger partial charge in [0.2, 0.25) is 11.8 Å². The van der Waals surface area contributed by atoms with E-state index in [4.69, 9.17) is 0 Å². The van der Waals surface area contributed by atoms with Gasteiger partial charge in [0.05, 0.1) is 11.3 Å². The molecule has 2 fully saturated rings. The van der Waals surface area contributed by atoms with Crippen LogP contribution in [0, 0.1) is 11.8 Å². The number of benzene rings is 1. The van der Waals surface area contributed by atoms with Gasteiger partial charge in [-0.25, -0.2) is 0 Å². The first-order valence-corrected chi connectivity index (χ1v) is 9.52. The zero-order valence-electron chi connectivity index (χ0n) is 15.3. The van der Waals surface area contributed by atoms with Crippen molar-refractivity contribution in [1.29, 1.82) is 0 Å². The zero-order valence-corrected chi connectivity index (χ0v) is 15.3. The molecule has 1 aliphatic heterocycles. The van der Waals surface area contributed by atoms with E-state index in [0.29, 0.717) is 23.7 Å². The van der Waals surface area contributed by atoms with E-state index in [1.807, 2.05) is 17.9 Å². The van der Waals surface area contributed by atoms with Crippen LogP contribution in [0.25, 0.3) is 0 Å². The van der Waals surface area contributed by atoms with Crippen LogP contribution in [0.1, 0.15) is 49.4 Å². The van der Waals surface area contributed by atoms with Crippen molar-refractivity contribution in [3.63, 3.8) is 0 Å². The van der Waals surface area contributed by atoms with E-state index < -0.39 is 0 Å². The number of likely N-dealkylation sites (tertiary alicyclic amines) is 1. The molecule has 1 aromatic rings. The molecular weight excluding hydrogens is 330 g/mol. The van der Waals surface area contributed by atoms with Crippen LogP contribution in [0.2, 0.25) is 0 Å². The van der Waals surface area contributed by atoms with E-state index in [0.717, 1.165) is 38.8 Å². The highest BCUT2D eigenvalue weighted by Crippen LogP contribution is 2.37. The Morgan fingerprint density at radius 1 is 1.12 bits per heavy atom. The molecule has 3 amide bonds. The summed E-state index contributed by atoms with van der Waals surface area (Å²) < 4.78 is 0. The second kappa shape index (κ2) is 8.34. The summed E-state index contributed by atoms with van der Waals surface area (Å²) in [5.74, 6) is 0.369. The summed E-state index contributed by atoms with van der Waals surface area (Å²) in [4.78, 5) is 38.6. The minimum Gasteiger partial charge on any atom is -0.355 e. The molecule has 0 radical (unpaired) electrons. The van der Waals surface area contributed by atoms with Crippen LogP contribution in [0.3, 0.4) is 0 Å². The average Bonchev–Trinajstić information content (AvgIpc) is 3.39. The Bertz CT molecular complexity index is 683. The molecule has 6 nitrogen and oxygen atoms in total. The fourth-order valence-electron chi connectivity index (χ4n) is 3.38. The third kappa shape index (κ3) is 4.62. The number of piperidine rings is 1. The van der Waals surface area contributed by atoms with Gasteiger partial charge in [-0.05, 0) is 43.7 Å². The highest BCUT2D eigenvalue weighted by Gasteiger charge is 2.38. The molecule has 2 N–H and O–H groups in total. The largest absolute Gasteiger partial charge is 0.355 e. The highest BCUT2D eigenvalue weighted by atomic mass is 16.2. The molecular formula is C20H27N3O3. The lowest BCUT2D eigenvalue weighted by atomic mass is 10.1. The van der Waals surface area contributed by atoms with E-state index >= 15 is 0 Å². The maximum absolute atomic E-state index is 12.7. The van der Waals surface area contributed by atoms with Crippen LogP contribution >= 0.6 is 0 Å². The van der Waals surface area contributed by atoms with E-state index in [1.54, 1.807) is 18.2 Å². The first-order valence-electron chi connectivity index (χ1n) is 9.52. The molecule has 6 heteroatoms. The third-order valence-corrected chi connectivity index (χ3v) is 5.17. The van der Waals surface area contributed by atoms with Crippen molar-refractivity contribution < 1.29 is 14.4 Å². The molecule has 2 atom stereocenters. The van der Waals surface area contributed by atoms with E-state index in [2.05, 4.69) is 10.6 Å². The molecule has 1 aliphatic carbocycles. The fraction of sp³-hybridized carbons (Fsp3) is 0.550. The molecule has 0 spiro atoms. The number of para-hydroxylation sites is 1. The van der Waals surface area contributed by atoms with E-state index in [-0.39, 0.29) is 30.1 Å². The van der Waals surface area contributed by atoms with Gasteiger partial charge < -0.3 is 15.5 Å². The average molecular weight is 357 g/mol. The minimum atomic E-state index is -0.201. The Kier molecular flexibility index (Phi) is 5.91. The number of carbonyl (C=O) groups is 3. The Labute approximate surface area is 154 Å². The predicted molar refractivity (Wildman–Crippen MR) is 99.7 cm³/mol. The zero-order chi connectivity index (χ0) is 18.5. The molecule has 26 heavy (non-hydrogen) atoms. The third-order valence-electron chi connectivity index (χ3n) is 5.17. The van der Waals surface area contributed by atoms with Crippen molar-refractivity contribution in [3.05, 3.63) is 29.8 Å². The van der Waals surface area contributed by atoms with Gasteiger partial charge in [-0.2, -0.15) is 0 Å². The van der Waals surface area contributed by atoms with Crippen molar-refractivity contribution in [2.45, 2.75) is 39.0 Å². The van der Waals surface area contributed by atoms with Crippen molar-refractivity contribution in [1.82, 2.24) is 10.2 Å². The normalized spacial score (nSPS) is 21.8. The van der Waals surface area contributed by atoms with Crippen molar-refractivity contribution >= 4 is 23.4 Å². The topological polar surface area (TPSA) is 78.5 Å². The van der Waals surface area contributed by atoms with Crippen LogP contribution in [0.15, 0.2) is 24.3 Å². The number of carbonyl (C=O) groups excluding carboxylic acids is 3. The lowest BCUT2D eigenvalue weighted by Gasteiger charge is -2.27. The Morgan fingerprint density at radius 2 is 1.81 bits per heavy atom. The number of rotatable bonds is 6. The minimum absolute atomic E-state index is 0.0309. The standard InChI is InChI=1S/C20H27N3O3/c1-14-13-16(14)19(25)21-10-9-18(24)22-17-8-4-3-7-15(17)20(26)23-11-5-2-6-12-23/h3-4,7-8,14,16H,2,5-6,9-13H2,1H3,(H,21,25)(H,22,24). The fourth-order valence-corrected chi connectivity index (χ4v) is 3.38. The second-order valence-corrected chi connectivity index (χ2v) is 7.31. The molecule has 1 saturated heterocycles. The van der Waals surface area contributed by atoms with Gasteiger partial charge in [0, 0.05) is 32.0 Å². The maximum atomic E-state index is 12.7. The van der Waals surface area contributed by atoms with Gasteiger partial charge in [0.1, 0.15) is 0 Å². The number of hydrogen-bond donors (Lipinski definition) is 2. The van der Waals surface area contributed by atoms with Crippen molar-refractivity contribution in [2.24, 2.45) is 11.8 Å². The molecule has 1 heterocycles. The first-order chi connectivity index (χ1) is 12.6. The van der Waals surface area contributed by atoms with Gasteiger partial charge in [-0.3, -0.25) is 14.4 Å². The molecule has 2 unspecified atom stereocenters. The molecule has 1 saturated carbocycles. The monoisotopic (exact) mass is 357 g/mol.